The second-order valence-electron chi connectivity index (χ2n) is 4.53. The summed E-state index contributed by atoms with van der Waals surface area (Å²) in [5.41, 5.74) is 6.49. The fourth-order valence-electron chi connectivity index (χ4n) is 1.94. The molecule has 0 aromatic heterocycles. The Morgan fingerprint density at radius 2 is 1.90 bits per heavy atom. The van der Waals surface area contributed by atoms with E-state index in [-0.39, 0.29) is 18.0 Å². The Morgan fingerprint density at radius 3 is 2.52 bits per heavy atom. The molecule has 0 amide bonds. The van der Waals surface area contributed by atoms with Gasteiger partial charge in [0.15, 0.2) is 21.3 Å². The van der Waals surface area contributed by atoms with Crippen molar-refractivity contribution in [1.82, 2.24) is 0 Å². The third-order valence-electron chi connectivity index (χ3n) is 2.82. The van der Waals surface area contributed by atoms with Crippen molar-refractivity contribution in [1.29, 1.82) is 0 Å². The maximum Gasteiger partial charge on any atom is 0.321 e. The average molecular weight is 315 g/mol. The second kappa shape index (κ2) is 6.21. The van der Waals surface area contributed by atoms with Crippen LogP contribution in [0.25, 0.3) is 0 Å². The monoisotopic (exact) mass is 315 g/mol. The van der Waals surface area contributed by atoms with Crippen molar-refractivity contribution in [2.45, 2.75) is 12.7 Å². The molecule has 21 heavy (non-hydrogen) atoms. The molecular formula is C13H17NO6S. The Hall–Kier alpha value is -1.96. The van der Waals surface area contributed by atoms with Gasteiger partial charge in [0, 0.05) is 11.8 Å². The zero-order chi connectivity index (χ0) is 15.5. The average Bonchev–Trinajstić information content (AvgIpc) is 2.38. The maximum atomic E-state index is 12.0. The fraction of sp³-hybridized carbons (Fsp3) is 0.462. The molecule has 1 aliphatic rings. The maximum absolute atomic E-state index is 12.0. The molecule has 7 nitrogen and oxygen atoms in total. The topological polar surface area (TPSA) is 105 Å². The van der Waals surface area contributed by atoms with E-state index in [1.54, 1.807) is 6.92 Å². The van der Waals surface area contributed by atoms with Gasteiger partial charge in [0.25, 0.3) is 0 Å². The molecule has 8 heteroatoms. The van der Waals surface area contributed by atoms with Crippen molar-refractivity contribution in [3.63, 3.8) is 0 Å². The highest BCUT2D eigenvalue weighted by Crippen LogP contribution is 2.35. The highest BCUT2D eigenvalue weighted by atomic mass is 32.2. The van der Waals surface area contributed by atoms with Gasteiger partial charge in [-0.1, -0.05) is 0 Å². The first-order valence-electron chi connectivity index (χ1n) is 6.45. The van der Waals surface area contributed by atoms with Crippen LogP contribution in [-0.4, -0.2) is 40.0 Å². The number of anilines is 1. The van der Waals surface area contributed by atoms with Crippen molar-refractivity contribution >= 4 is 21.5 Å². The van der Waals surface area contributed by atoms with Crippen molar-refractivity contribution in [3.8, 4) is 11.5 Å². The van der Waals surface area contributed by atoms with Crippen LogP contribution in [0.3, 0.4) is 0 Å². The zero-order valence-electron chi connectivity index (χ0n) is 11.6. The normalized spacial score (nSPS) is 13.8. The van der Waals surface area contributed by atoms with Crippen LogP contribution in [0.2, 0.25) is 0 Å². The van der Waals surface area contributed by atoms with E-state index in [1.807, 2.05) is 0 Å². The molecule has 0 saturated carbocycles. The van der Waals surface area contributed by atoms with Crippen LogP contribution in [0.4, 0.5) is 5.69 Å². The summed E-state index contributed by atoms with van der Waals surface area (Å²) in [7, 11) is -3.66. The molecule has 0 spiro atoms. The van der Waals surface area contributed by atoms with Crippen molar-refractivity contribution in [2.24, 2.45) is 0 Å². The van der Waals surface area contributed by atoms with Crippen LogP contribution in [0.15, 0.2) is 12.1 Å². The molecule has 1 aromatic carbocycles. The Kier molecular flexibility index (Phi) is 4.56. The molecule has 1 heterocycles. The molecule has 0 atom stereocenters. The van der Waals surface area contributed by atoms with Crippen molar-refractivity contribution < 1.29 is 27.4 Å². The van der Waals surface area contributed by atoms with Gasteiger partial charge in [0.1, 0.15) is 19.0 Å². The van der Waals surface area contributed by atoms with Crippen LogP contribution in [-0.2, 0) is 25.1 Å². The Labute approximate surface area is 122 Å². The number of rotatable bonds is 5. The lowest BCUT2D eigenvalue weighted by molar-refractivity contribution is -0.139. The number of ether oxygens (including phenoxy) is 3. The lowest BCUT2D eigenvalue weighted by atomic mass is 10.2. The number of nitrogen functional groups attached to an aromatic ring is 1. The summed E-state index contributed by atoms with van der Waals surface area (Å²) in [6.07, 6.45) is 0. The highest BCUT2D eigenvalue weighted by molar-refractivity contribution is 7.91. The van der Waals surface area contributed by atoms with E-state index in [0.29, 0.717) is 30.3 Å². The first kappa shape index (κ1) is 15.4. The van der Waals surface area contributed by atoms with E-state index in [2.05, 4.69) is 4.74 Å². The SMILES string of the molecule is CCOC(=O)CS(=O)(=O)Cc1cc2c(cc1N)OCCO2. The molecule has 0 saturated heterocycles. The standard InChI is InChI=1S/C13H17NO6S/c1-2-18-13(15)8-21(16,17)7-9-5-11-12(6-10(9)14)20-4-3-19-11/h5-6H,2-4,7-8,14H2,1H3. The molecule has 1 aromatic rings. The van der Waals surface area contributed by atoms with Crippen LogP contribution in [0.5, 0.6) is 11.5 Å². The highest BCUT2D eigenvalue weighted by Gasteiger charge is 2.22. The van der Waals surface area contributed by atoms with Gasteiger partial charge in [-0.05, 0) is 18.6 Å². The number of nitrogens with two attached hydrogens (primary N) is 1. The molecule has 0 fully saturated rings. The lowest BCUT2D eigenvalue weighted by Crippen LogP contribution is -2.21. The number of benzene rings is 1. The number of hydrogen-bond acceptors (Lipinski definition) is 7. The quantitative estimate of drug-likeness (QED) is 0.623. The number of fused-ring (bicyclic) bond motifs is 1. The second-order valence-corrected chi connectivity index (χ2v) is 6.60. The molecule has 1 aliphatic heterocycles. The summed E-state index contributed by atoms with van der Waals surface area (Å²) in [6.45, 7) is 2.57. The molecule has 0 unspecified atom stereocenters. The van der Waals surface area contributed by atoms with Crippen molar-refractivity contribution in [2.75, 3.05) is 31.3 Å². The molecule has 0 bridgehead atoms. The summed E-state index contributed by atoms with van der Waals surface area (Å²) in [4.78, 5) is 11.3. The molecule has 2 rings (SSSR count). The third-order valence-corrected chi connectivity index (χ3v) is 4.25. The molecule has 0 radical (unpaired) electrons. The molecule has 0 aliphatic carbocycles. The Morgan fingerprint density at radius 1 is 1.29 bits per heavy atom. The smallest absolute Gasteiger partial charge is 0.321 e. The van der Waals surface area contributed by atoms with Gasteiger partial charge in [0.2, 0.25) is 0 Å². The summed E-state index contributed by atoms with van der Waals surface area (Å²) < 4.78 is 39.3. The van der Waals surface area contributed by atoms with Gasteiger partial charge < -0.3 is 19.9 Å². The summed E-state index contributed by atoms with van der Waals surface area (Å²) >= 11 is 0. The van der Waals surface area contributed by atoms with E-state index in [1.165, 1.54) is 12.1 Å². The first-order valence-corrected chi connectivity index (χ1v) is 8.27. The first-order chi connectivity index (χ1) is 9.91. The van der Waals surface area contributed by atoms with E-state index >= 15 is 0 Å². The van der Waals surface area contributed by atoms with Crippen LogP contribution in [0.1, 0.15) is 12.5 Å². The van der Waals surface area contributed by atoms with Crippen molar-refractivity contribution in [3.05, 3.63) is 17.7 Å². The minimum Gasteiger partial charge on any atom is -0.486 e. The predicted molar refractivity (Wildman–Crippen MR) is 76.0 cm³/mol. The van der Waals surface area contributed by atoms with Gasteiger partial charge in [-0.25, -0.2) is 8.42 Å². The summed E-state index contributed by atoms with van der Waals surface area (Å²) in [5.74, 6) is -0.848. The largest absolute Gasteiger partial charge is 0.486 e. The molecule has 2 N–H and O–H groups in total. The number of hydrogen-bond donors (Lipinski definition) is 1. The third kappa shape index (κ3) is 4.01. The Balaban J connectivity index is 2.17. The van der Waals surface area contributed by atoms with Gasteiger partial charge in [-0.2, -0.15) is 0 Å². The lowest BCUT2D eigenvalue weighted by Gasteiger charge is -2.20. The van der Waals surface area contributed by atoms with E-state index in [9.17, 15) is 13.2 Å². The Bertz CT molecular complexity index is 640. The summed E-state index contributed by atoms with van der Waals surface area (Å²) in [6, 6.07) is 3.07. The number of carbonyl (C=O) groups excluding carboxylic acids is 1. The van der Waals surface area contributed by atoms with E-state index in [0.717, 1.165) is 0 Å². The minimum atomic E-state index is -3.66. The van der Waals surface area contributed by atoms with Gasteiger partial charge in [-0.3, -0.25) is 4.79 Å². The predicted octanol–water partition coefficient (Wildman–Crippen LogP) is 0.518. The van der Waals surface area contributed by atoms with E-state index < -0.39 is 21.6 Å². The van der Waals surface area contributed by atoms with E-state index in [4.69, 9.17) is 15.2 Å². The number of sulfone groups is 1. The van der Waals surface area contributed by atoms with Gasteiger partial charge in [-0.15, -0.1) is 0 Å². The molecule has 116 valence electrons. The summed E-state index contributed by atoms with van der Waals surface area (Å²) in [5, 5.41) is 0. The number of carbonyl (C=O) groups is 1. The minimum absolute atomic E-state index is 0.139. The van der Waals surface area contributed by atoms with Gasteiger partial charge >= 0.3 is 5.97 Å². The fourth-order valence-corrected chi connectivity index (χ4v) is 3.21. The van der Waals surface area contributed by atoms with Gasteiger partial charge in [0.05, 0.1) is 12.4 Å². The zero-order valence-corrected chi connectivity index (χ0v) is 12.4. The van der Waals surface area contributed by atoms with Crippen LogP contribution >= 0.6 is 0 Å². The van der Waals surface area contributed by atoms with Crippen LogP contribution in [0, 0.1) is 0 Å². The molecular weight excluding hydrogens is 298 g/mol. The number of esters is 1. The van der Waals surface area contributed by atoms with Crippen LogP contribution < -0.4 is 15.2 Å².